The van der Waals surface area contributed by atoms with E-state index in [1.54, 1.807) is 0 Å². The van der Waals surface area contributed by atoms with Crippen molar-refractivity contribution in [3.63, 3.8) is 0 Å². The van der Waals surface area contributed by atoms with Gasteiger partial charge in [0.05, 0.1) is 0 Å². The SMILES string of the molecule is CCN(c1ncc(CNC(C)(C)C)cn1)C(C)C. The van der Waals surface area contributed by atoms with Crippen LogP contribution in [-0.4, -0.2) is 28.1 Å². The van der Waals surface area contributed by atoms with E-state index in [9.17, 15) is 0 Å². The molecule has 4 nitrogen and oxygen atoms in total. The molecule has 102 valence electrons. The first-order valence-corrected chi connectivity index (χ1v) is 6.66. The zero-order valence-electron chi connectivity index (χ0n) is 12.5. The van der Waals surface area contributed by atoms with Gasteiger partial charge in [-0.2, -0.15) is 0 Å². The summed E-state index contributed by atoms with van der Waals surface area (Å²) in [5.41, 5.74) is 1.24. The second-order valence-corrected chi connectivity index (χ2v) is 5.87. The van der Waals surface area contributed by atoms with E-state index < -0.39 is 0 Å². The van der Waals surface area contributed by atoms with Crippen molar-refractivity contribution >= 4 is 5.95 Å². The average molecular weight is 250 g/mol. The third kappa shape index (κ3) is 4.61. The van der Waals surface area contributed by atoms with Crippen LogP contribution in [0.3, 0.4) is 0 Å². The van der Waals surface area contributed by atoms with Crippen LogP contribution in [0.2, 0.25) is 0 Å². The molecule has 1 heterocycles. The zero-order chi connectivity index (χ0) is 13.8. The molecule has 0 fully saturated rings. The molecule has 0 radical (unpaired) electrons. The van der Waals surface area contributed by atoms with Gasteiger partial charge in [-0.25, -0.2) is 9.97 Å². The summed E-state index contributed by atoms with van der Waals surface area (Å²) in [6.45, 7) is 14.6. The summed E-state index contributed by atoms with van der Waals surface area (Å²) in [5.74, 6) is 0.812. The number of nitrogens with zero attached hydrogens (tertiary/aromatic N) is 3. The first-order valence-electron chi connectivity index (χ1n) is 6.66. The summed E-state index contributed by atoms with van der Waals surface area (Å²) < 4.78 is 0. The highest BCUT2D eigenvalue weighted by molar-refractivity contribution is 5.30. The number of rotatable bonds is 5. The Hall–Kier alpha value is -1.16. The van der Waals surface area contributed by atoms with Gasteiger partial charge < -0.3 is 10.2 Å². The molecule has 0 amide bonds. The minimum absolute atomic E-state index is 0.117. The Morgan fingerprint density at radius 1 is 1.22 bits per heavy atom. The maximum atomic E-state index is 4.45. The minimum atomic E-state index is 0.117. The van der Waals surface area contributed by atoms with Crippen LogP contribution in [0.25, 0.3) is 0 Å². The molecule has 1 N–H and O–H groups in total. The summed E-state index contributed by atoms with van der Waals surface area (Å²) >= 11 is 0. The van der Waals surface area contributed by atoms with Crippen molar-refractivity contribution in [2.75, 3.05) is 11.4 Å². The van der Waals surface area contributed by atoms with Gasteiger partial charge in [0.25, 0.3) is 0 Å². The van der Waals surface area contributed by atoms with Crippen molar-refractivity contribution < 1.29 is 0 Å². The third-order valence-corrected chi connectivity index (χ3v) is 2.74. The summed E-state index contributed by atoms with van der Waals surface area (Å²) in [4.78, 5) is 11.1. The third-order valence-electron chi connectivity index (χ3n) is 2.74. The van der Waals surface area contributed by atoms with Gasteiger partial charge in [-0.15, -0.1) is 0 Å². The second-order valence-electron chi connectivity index (χ2n) is 5.87. The van der Waals surface area contributed by atoms with E-state index >= 15 is 0 Å². The molecule has 1 aromatic heterocycles. The molecule has 0 saturated heterocycles. The van der Waals surface area contributed by atoms with Crippen LogP contribution < -0.4 is 10.2 Å². The van der Waals surface area contributed by atoms with Gasteiger partial charge in [0.15, 0.2) is 0 Å². The van der Waals surface area contributed by atoms with Gasteiger partial charge in [0.1, 0.15) is 0 Å². The van der Waals surface area contributed by atoms with Crippen molar-refractivity contribution in [1.82, 2.24) is 15.3 Å². The van der Waals surface area contributed by atoms with Crippen LogP contribution in [0, 0.1) is 0 Å². The molecule has 0 aliphatic carbocycles. The maximum Gasteiger partial charge on any atom is 0.225 e. The molecule has 0 saturated carbocycles. The Balaban J connectivity index is 2.68. The molecule has 0 spiro atoms. The van der Waals surface area contributed by atoms with Gasteiger partial charge in [-0.1, -0.05) is 0 Å². The highest BCUT2D eigenvalue weighted by Gasteiger charge is 2.12. The fourth-order valence-corrected chi connectivity index (χ4v) is 1.69. The lowest BCUT2D eigenvalue weighted by atomic mass is 10.1. The molecular weight excluding hydrogens is 224 g/mol. The number of nitrogens with one attached hydrogen (secondary N) is 1. The summed E-state index contributed by atoms with van der Waals surface area (Å²) in [6, 6.07) is 0.425. The zero-order valence-corrected chi connectivity index (χ0v) is 12.5. The molecule has 1 rings (SSSR count). The Bertz CT molecular complexity index is 351. The lowest BCUT2D eigenvalue weighted by molar-refractivity contribution is 0.423. The quantitative estimate of drug-likeness (QED) is 0.872. The highest BCUT2D eigenvalue weighted by atomic mass is 15.3. The van der Waals surface area contributed by atoms with Crippen LogP contribution in [0.15, 0.2) is 12.4 Å². The number of hydrogen-bond donors (Lipinski definition) is 1. The number of aromatic nitrogens is 2. The van der Waals surface area contributed by atoms with Crippen LogP contribution in [0.5, 0.6) is 0 Å². The van der Waals surface area contributed by atoms with Crippen molar-refractivity contribution in [2.24, 2.45) is 0 Å². The number of hydrogen-bond acceptors (Lipinski definition) is 4. The molecule has 0 aliphatic heterocycles. The lowest BCUT2D eigenvalue weighted by Gasteiger charge is -2.25. The fraction of sp³-hybridized carbons (Fsp3) is 0.714. The number of anilines is 1. The smallest absolute Gasteiger partial charge is 0.225 e. The Kier molecular flexibility index (Phi) is 5.08. The molecule has 0 aromatic carbocycles. The molecule has 1 aromatic rings. The van der Waals surface area contributed by atoms with Gasteiger partial charge in [-0.3, -0.25) is 0 Å². The van der Waals surface area contributed by atoms with Gasteiger partial charge in [0, 0.05) is 42.6 Å². The molecule has 0 unspecified atom stereocenters. The summed E-state index contributed by atoms with van der Waals surface area (Å²) in [5, 5.41) is 3.43. The van der Waals surface area contributed by atoms with Crippen molar-refractivity contribution in [1.29, 1.82) is 0 Å². The van der Waals surface area contributed by atoms with E-state index in [0.717, 1.165) is 24.6 Å². The normalized spacial score (nSPS) is 11.9. The molecule has 18 heavy (non-hydrogen) atoms. The fourth-order valence-electron chi connectivity index (χ4n) is 1.69. The molecule has 0 bridgehead atoms. The van der Waals surface area contributed by atoms with Crippen LogP contribution in [-0.2, 0) is 6.54 Å². The summed E-state index contributed by atoms with van der Waals surface area (Å²) in [6.07, 6.45) is 3.82. The van der Waals surface area contributed by atoms with E-state index in [1.807, 2.05) is 12.4 Å². The highest BCUT2D eigenvalue weighted by Crippen LogP contribution is 2.11. The van der Waals surface area contributed by atoms with Crippen LogP contribution >= 0.6 is 0 Å². The van der Waals surface area contributed by atoms with Crippen molar-refractivity contribution in [2.45, 2.75) is 59.7 Å². The van der Waals surface area contributed by atoms with Gasteiger partial charge in [0.2, 0.25) is 5.95 Å². The molecule has 0 atom stereocenters. The summed E-state index contributed by atoms with van der Waals surface area (Å²) in [7, 11) is 0. The predicted molar refractivity (Wildman–Crippen MR) is 76.8 cm³/mol. The average Bonchev–Trinajstić information content (AvgIpc) is 2.27. The predicted octanol–water partition coefficient (Wildman–Crippen LogP) is 2.60. The van der Waals surface area contributed by atoms with Crippen molar-refractivity contribution in [3.8, 4) is 0 Å². The van der Waals surface area contributed by atoms with E-state index in [2.05, 4.69) is 61.7 Å². The Labute approximate surface area is 111 Å². The van der Waals surface area contributed by atoms with Gasteiger partial charge >= 0.3 is 0 Å². The largest absolute Gasteiger partial charge is 0.339 e. The Morgan fingerprint density at radius 3 is 2.17 bits per heavy atom. The molecular formula is C14H26N4. The second kappa shape index (κ2) is 6.14. The minimum Gasteiger partial charge on any atom is -0.339 e. The van der Waals surface area contributed by atoms with E-state index in [4.69, 9.17) is 0 Å². The first-order chi connectivity index (χ1) is 8.33. The van der Waals surface area contributed by atoms with Gasteiger partial charge in [-0.05, 0) is 41.5 Å². The van der Waals surface area contributed by atoms with E-state index in [-0.39, 0.29) is 5.54 Å². The molecule has 4 heteroatoms. The van der Waals surface area contributed by atoms with Crippen LogP contribution in [0.4, 0.5) is 5.95 Å². The topological polar surface area (TPSA) is 41.1 Å². The molecule has 0 aliphatic rings. The first kappa shape index (κ1) is 14.9. The maximum absolute atomic E-state index is 4.45. The van der Waals surface area contributed by atoms with E-state index in [0.29, 0.717) is 6.04 Å². The standard InChI is InChI=1S/C14H26N4/c1-7-18(11(2)3)13-15-8-12(9-16-13)10-17-14(4,5)6/h8-9,11,17H,7,10H2,1-6H3. The monoisotopic (exact) mass is 250 g/mol. The van der Waals surface area contributed by atoms with Crippen LogP contribution in [0.1, 0.15) is 47.1 Å². The lowest BCUT2D eigenvalue weighted by Crippen LogP contribution is -2.35. The van der Waals surface area contributed by atoms with Crippen molar-refractivity contribution in [3.05, 3.63) is 18.0 Å². The Morgan fingerprint density at radius 2 is 1.78 bits per heavy atom. The van der Waals surface area contributed by atoms with E-state index in [1.165, 1.54) is 0 Å².